The Labute approximate surface area is 239 Å². The van der Waals surface area contributed by atoms with Crippen molar-refractivity contribution in [2.45, 2.75) is 37.6 Å². The number of H-pyrrole nitrogens is 1. The number of methoxy groups -OCH3 is 1. The van der Waals surface area contributed by atoms with E-state index in [4.69, 9.17) is 9.73 Å². The molecule has 4 aliphatic rings. The largest absolute Gasteiger partial charge is 0.453 e. The van der Waals surface area contributed by atoms with Gasteiger partial charge in [0.25, 0.3) is 5.91 Å². The summed E-state index contributed by atoms with van der Waals surface area (Å²) in [6.45, 7) is 2.85. The van der Waals surface area contributed by atoms with Gasteiger partial charge in [-0.2, -0.15) is 0 Å². The van der Waals surface area contributed by atoms with Gasteiger partial charge in [-0.15, -0.1) is 0 Å². The van der Waals surface area contributed by atoms with Crippen LogP contribution < -0.4 is 0 Å². The van der Waals surface area contributed by atoms with Crippen molar-refractivity contribution in [2.24, 2.45) is 16.8 Å². The molecule has 3 amide bonds. The number of aromatic amines is 1. The molecule has 0 unspecified atom stereocenters. The number of ether oxygens (including phenoxy) is 1. The van der Waals surface area contributed by atoms with Crippen molar-refractivity contribution >= 4 is 34.6 Å². The van der Waals surface area contributed by atoms with Crippen LogP contribution in [0.25, 0.3) is 22.0 Å². The number of hydrogen-bond acceptors (Lipinski definition) is 5. The van der Waals surface area contributed by atoms with E-state index >= 15 is 0 Å². The van der Waals surface area contributed by atoms with Gasteiger partial charge in [-0.3, -0.25) is 19.5 Å². The molecule has 1 spiro atoms. The van der Waals surface area contributed by atoms with Crippen LogP contribution in [0.3, 0.4) is 0 Å². The lowest BCUT2D eigenvalue weighted by Crippen LogP contribution is -2.52. The van der Waals surface area contributed by atoms with E-state index in [2.05, 4.69) is 53.5 Å². The summed E-state index contributed by atoms with van der Waals surface area (Å²) in [5, 5.41) is 1.16. The number of amides is 3. The molecule has 3 aliphatic heterocycles. The molecule has 3 aromatic rings. The van der Waals surface area contributed by atoms with Crippen LogP contribution >= 0.6 is 0 Å². The number of amidine groups is 1. The van der Waals surface area contributed by atoms with E-state index in [-0.39, 0.29) is 29.7 Å². The first kappa shape index (κ1) is 25.8. The first-order valence-electron chi connectivity index (χ1n) is 14.7. The van der Waals surface area contributed by atoms with E-state index in [1.54, 1.807) is 4.90 Å². The fourth-order valence-corrected chi connectivity index (χ4v) is 6.64. The number of carbonyl (C=O) groups excluding carboxylic acids is 3. The Morgan fingerprint density at radius 2 is 1.68 bits per heavy atom. The Morgan fingerprint density at radius 3 is 2.41 bits per heavy atom. The van der Waals surface area contributed by atoms with Gasteiger partial charge in [0.1, 0.15) is 11.4 Å². The summed E-state index contributed by atoms with van der Waals surface area (Å²) in [5.74, 6) is 1.39. The SMILES string of the molecule is COC(=O)N1CCC2(CC1)N=C(c1ccc(-c3ccc4[nH]ccc4c3)cc1)N(C[C@@H]1CCN(C(=O)C3CC3)C1)C2=O. The van der Waals surface area contributed by atoms with Gasteiger partial charge in [-0.05, 0) is 72.7 Å². The molecule has 7 rings (SSSR count). The summed E-state index contributed by atoms with van der Waals surface area (Å²) in [4.78, 5) is 52.8. The molecule has 1 N–H and O–H groups in total. The predicted octanol–water partition coefficient (Wildman–Crippen LogP) is 4.28. The number of nitrogens with one attached hydrogen (secondary N) is 1. The monoisotopic (exact) mass is 553 g/mol. The van der Waals surface area contributed by atoms with Crippen molar-refractivity contribution in [1.29, 1.82) is 0 Å². The van der Waals surface area contributed by atoms with Crippen LogP contribution in [-0.2, 0) is 14.3 Å². The molecular formula is C32H35N5O4. The van der Waals surface area contributed by atoms with Crippen molar-refractivity contribution in [1.82, 2.24) is 19.7 Å². The third-order valence-corrected chi connectivity index (χ3v) is 9.24. The van der Waals surface area contributed by atoms with E-state index < -0.39 is 5.54 Å². The molecule has 0 bridgehead atoms. The first-order valence-corrected chi connectivity index (χ1v) is 14.7. The Kier molecular flexibility index (Phi) is 6.32. The van der Waals surface area contributed by atoms with E-state index in [9.17, 15) is 14.4 Å². The molecule has 9 nitrogen and oxygen atoms in total. The third-order valence-electron chi connectivity index (χ3n) is 9.24. The minimum Gasteiger partial charge on any atom is -0.453 e. The fourth-order valence-electron chi connectivity index (χ4n) is 6.64. The molecule has 1 aromatic heterocycles. The molecule has 41 heavy (non-hydrogen) atoms. The maximum atomic E-state index is 14.1. The summed E-state index contributed by atoms with van der Waals surface area (Å²) >= 11 is 0. The Hall–Kier alpha value is -4.14. The minimum absolute atomic E-state index is 0.00553. The quantitative estimate of drug-likeness (QED) is 0.510. The molecule has 0 radical (unpaired) electrons. The van der Waals surface area contributed by atoms with Crippen LogP contribution in [0.4, 0.5) is 4.79 Å². The smallest absolute Gasteiger partial charge is 0.409 e. The minimum atomic E-state index is -0.875. The van der Waals surface area contributed by atoms with Crippen molar-refractivity contribution in [3.8, 4) is 11.1 Å². The molecule has 2 aromatic carbocycles. The zero-order chi connectivity index (χ0) is 28.1. The normalized spacial score (nSPS) is 22.1. The number of carbonyl (C=O) groups is 3. The maximum absolute atomic E-state index is 14.1. The van der Waals surface area contributed by atoms with E-state index in [0.717, 1.165) is 53.4 Å². The number of likely N-dealkylation sites (tertiary alicyclic amines) is 2. The van der Waals surface area contributed by atoms with Gasteiger partial charge in [0.05, 0.1) is 7.11 Å². The van der Waals surface area contributed by atoms with Gasteiger partial charge in [0.15, 0.2) is 0 Å². The summed E-state index contributed by atoms with van der Waals surface area (Å²) < 4.78 is 4.91. The number of benzene rings is 2. The molecular weight excluding hydrogens is 518 g/mol. The van der Waals surface area contributed by atoms with Crippen LogP contribution in [0.1, 0.15) is 37.7 Å². The first-order chi connectivity index (χ1) is 19.9. The van der Waals surface area contributed by atoms with Crippen LogP contribution in [0.15, 0.2) is 59.7 Å². The molecule has 4 heterocycles. The lowest BCUT2D eigenvalue weighted by atomic mass is 9.87. The highest BCUT2D eigenvalue weighted by atomic mass is 16.5. The van der Waals surface area contributed by atoms with E-state index in [0.29, 0.717) is 44.9 Å². The van der Waals surface area contributed by atoms with Gasteiger partial charge in [-0.1, -0.05) is 30.3 Å². The van der Waals surface area contributed by atoms with Gasteiger partial charge < -0.3 is 19.5 Å². The molecule has 9 heteroatoms. The number of aromatic nitrogens is 1. The Balaban J connectivity index is 1.15. The van der Waals surface area contributed by atoms with Crippen molar-refractivity contribution in [3.05, 3.63) is 60.3 Å². The molecule has 1 saturated carbocycles. The van der Waals surface area contributed by atoms with Crippen LogP contribution in [0.2, 0.25) is 0 Å². The average Bonchev–Trinajstić information content (AvgIpc) is 3.46. The summed E-state index contributed by atoms with van der Waals surface area (Å²) in [6, 6.07) is 16.7. The molecule has 3 fully saturated rings. The second-order valence-electron chi connectivity index (χ2n) is 11.9. The zero-order valence-corrected chi connectivity index (χ0v) is 23.3. The van der Waals surface area contributed by atoms with Gasteiger partial charge in [0.2, 0.25) is 5.91 Å². The number of fused-ring (bicyclic) bond motifs is 1. The van der Waals surface area contributed by atoms with Crippen molar-refractivity contribution in [2.75, 3.05) is 39.8 Å². The average molecular weight is 554 g/mol. The molecule has 2 saturated heterocycles. The van der Waals surface area contributed by atoms with Crippen LogP contribution in [0, 0.1) is 11.8 Å². The topological polar surface area (TPSA) is 98.3 Å². The highest BCUT2D eigenvalue weighted by Crippen LogP contribution is 2.38. The lowest BCUT2D eigenvalue weighted by molar-refractivity contribution is -0.133. The summed E-state index contributed by atoms with van der Waals surface area (Å²) in [7, 11) is 1.38. The Bertz CT molecular complexity index is 1530. The van der Waals surface area contributed by atoms with E-state index in [1.165, 1.54) is 7.11 Å². The highest BCUT2D eigenvalue weighted by molar-refractivity contribution is 6.15. The van der Waals surface area contributed by atoms with E-state index in [1.807, 2.05) is 16.0 Å². The molecule has 1 aliphatic carbocycles. The molecule has 212 valence electrons. The van der Waals surface area contributed by atoms with Gasteiger partial charge in [0, 0.05) is 55.9 Å². The number of rotatable bonds is 5. The fraction of sp³-hybridized carbons (Fsp3) is 0.438. The van der Waals surface area contributed by atoms with Gasteiger partial charge >= 0.3 is 6.09 Å². The van der Waals surface area contributed by atoms with Crippen molar-refractivity contribution in [3.63, 3.8) is 0 Å². The summed E-state index contributed by atoms with van der Waals surface area (Å²) in [5.41, 5.74) is 3.36. The second kappa shape index (κ2) is 10.0. The number of aliphatic imine (C=N–C) groups is 1. The lowest BCUT2D eigenvalue weighted by Gasteiger charge is -2.35. The van der Waals surface area contributed by atoms with Gasteiger partial charge in [-0.25, -0.2) is 4.79 Å². The predicted molar refractivity (Wildman–Crippen MR) is 155 cm³/mol. The molecule has 1 atom stereocenters. The van der Waals surface area contributed by atoms with Crippen molar-refractivity contribution < 1.29 is 19.1 Å². The number of nitrogens with zero attached hydrogens (tertiary/aromatic N) is 4. The second-order valence-corrected chi connectivity index (χ2v) is 11.9. The third kappa shape index (κ3) is 4.67. The standard InChI is InChI=1S/C32H35N5O4/c1-41-31(40)35-16-12-32(13-17-35)30(39)37(20-21-11-15-36(19-21)29(38)24-6-7-24)28(34-32)23-4-2-22(3-5-23)25-8-9-27-26(18-25)10-14-33-27/h2-5,8-10,14,18,21,24,33H,6-7,11-13,15-17,19-20H2,1H3/t21-/m1/s1. The van der Waals surface area contributed by atoms with Crippen LogP contribution in [-0.4, -0.2) is 88.8 Å². The highest BCUT2D eigenvalue weighted by Gasteiger charge is 2.51. The zero-order valence-electron chi connectivity index (χ0n) is 23.3. The summed E-state index contributed by atoms with van der Waals surface area (Å²) in [6.07, 6.45) is 5.39. The van der Waals surface area contributed by atoms with Crippen LogP contribution in [0.5, 0.6) is 0 Å². The number of piperidine rings is 1. The number of hydrogen-bond donors (Lipinski definition) is 1. The Morgan fingerprint density at radius 1 is 0.951 bits per heavy atom. The maximum Gasteiger partial charge on any atom is 0.409 e.